The van der Waals surface area contributed by atoms with Gasteiger partial charge in [-0.3, -0.25) is 4.98 Å². The molecule has 3 nitrogen and oxygen atoms in total. The number of nitrogens with one attached hydrogen (secondary N) is 1. The number of aromatic nitrogens is 2. The number of nitrogens with zero attached hydrogens (tertiary/aromatic N) is 2. The summed E-state index contributed by atoms with van der Waals surface area (Å²) in [6.45, 7) is 2.78. The predicted octanol–water partition coefficient (Wildman–Crippen LogP) is 4.33. The van der Waals surface area contributed by atoms with Crippen LogP contribution in [0.5, 0.6) is 0 Å². The van der Waals surface area contributed by atoms with E-state index < -0.39 is 0 Å². The Balaban J connectivity index is 1.75. The Kier molecular flexibility index (Phi) is 3.89. The van der Waals surface area contributed by atoms with Crippen molar-refractivity contribution in [2.24, 2.45) is 0 Å². The SMILES string of the molecule is CSc1nc2ccc(NCc3ccc(C)cn3)cc2s1. The van der Waals surface area contributed by atoms with E-state index in [0.29, 0.717) is 0 Å². The summed E-state index contributed by atoms with van der Waals surface area (Å²) < 4.78 is 2.33. The lowest BCUT2D eigenvalue weighted by Crippen LogP contribution is -2.01. The zero-order valence-corrected chi connectivity index (χ0v) is 13.0. The molecule has 0 bridgehead atoms. The maximum absolute atomic E-state index is 4.54. The number of hydrogen-bond acceptors (Lipinski definition) is 5. The summed E-state index contributed by atoms with van der Waals surface area (Å²) in [5.41, 5.74) is 4.41. The number of aryl methyl sites for hydroxylation is 1. The highest BCUT2D eigenvalue weighted by molar-refractivity contribution is 8.00. The molecular weight excluding hydrogens is 286 g/mol. The van der Waals surface area contributed by atoms with E-state index in [-0.39, 0.29) is 0 Å². The van der Waals surface area contributed by atoms with Gasteiger partial charge in [-0.15, -0.1) is 11.3 Å². The van der Waals surface area contributed by atoms with Crippen LogP contribution in [0.4, 0.5) is 5.69 Å². The van der Waals surface area contributed by atoms with Gasteiger partial charge in [-0.2, -0.15) is 0 Å². The molecule has 0 unspecified atom stereocenters. The van der Waals surface area contributed by atoms with Crippen molar-refractivity contribution >= 4 is 39.0 Å². The average molecular weight is 301 g/mol. The van der Waals surface area contributed by atoms with E-state index in [4.69, 9.17) is 0 Å². The van der Waals surface area contributed by atoms with Crippen molar-refractivity contribution in [2.45, 2.75) is 17.8 Å². The van der Waals surface area contributed by atoms with Gasteiger partial charge in [0.15, 0.2) is 4.34 Å². The zero-order chi connectivity index (χ0) is 13.9. The lowest BCUT2D eigenvalue weighted by molar-refractivity contribution is 1.04. The van der Waals surface area contributed by atoms with E-state index in [1.807, 2.05) is 13.1 Å². The van der Waals surface area contributed by atoms with Gasteiger partial charge in [-0.1, -0.05) is 17.8 Å². The Bertz CT molecular complexity index is 720. The van der Waals surface area contributed by atoms with Crippen LogP contribution in [0, 0.1) is 6.92 Å². The number of benzene rings is 1. The number of pyridine rings is 1. The van der Waals surface area contributed by atoms with Gasteiger partial charge in [0.2, 0.25) is 0 Å². The van der Waals surface area contributed by atoms with Crippen molar-refractivity contribution in [2.75, 3.05) is 11.6 Å². The fourth-order valence-corrected chi connectivity index (χ4v) is 3.42. The number of thiazole rings is 1. The van der Waals surface area contributed by atoms with Crippen LogP contribution in [0.1, 0.15) is 11.3 Å². The number of thioether (sulfide) groups is 1. The number of hydrogen-bond donors (Lipinski definition) is 1. The summed E-state index contributed by atoms with van der Waals surface area (Å²) in [5, 5.41) is 3.41. The molecule has 2 heterocycles. The minimum absolute atomic E-state index is 0.736. The summed E-state index contributed by atoms with van der Waals surface area (Å²) in [7, 11) is 0. The third-order valence-electron chi connectivity index (χ3n) is 2.99. The fourth-order valence-electron chi connectivity index (χ4n) is 1.90. The van der Waals surface area contributed by atoms with Crippen LogP contribution < -0.4 is 5.32 Å². The Labute approximate surface area is 126 Å². The number of rotatable bonds is 4. The van der Waals surface area contributed by atoms with E-state index in [0.717, 1.165) is 27.8 Å². The highest BCUT2D eigenvalue weighted by Gasteiger charge is 2.04. The first-order valence-electron chi connectivity index (χ1n) is 6.34. The van der Waals surface area contributed by atoms with Gasteiger partial charge in [0.25, 0.3) is 0 Å². The van der Waals surface area contributed by atoms with Crippen molar-refractivity contribution in [3.05, 3.63) is 47.8 Å². The first-order chi connectivity index (χ1) is 9.74. The summed E-state index contributed by atoms with van der Waals surface area (Å²) in [6.07, 6.45) is 3.95. The molecule has 2 aromatic heterocycles. The summed E-state index contributed by atoms with van der Waals surface area (Å²) in [6, 6.07) is 10.4. The Morgan fingerprint density at radius 1 is 1.25 bits per heavy atom. The van der Waals surface area contributed by atoms with Crippen LogP contribution in [-0.4, -0.2) is 16.2 Å². The first-order valence-corrected chi connectivity index (χ1v) is 8.39. The van der Waals surface area contributed by atoms with Gasteiger partial charge in [0, 0.05) is 11.9 Å². The molecule has 0 atom stereocenters. The maximum atomic E-state index is 4.54. The molecule has 3 aromatic rings. The van der Waals surface area contributed by atoms with E-state index in [1.165, 1.54) is 10.3 Å². The van der Waals surface area contributed by atoms with Gasteiger partial charge in [-0.05, 0) is 43.0 Å². The van der Waals surface area contributed by atoms with Gasteiger partial charge in [0.05, 0.1) is 22.5 Å². The second-order valence-corrected chi connectivity index (χ2v) is 6.63. The third-order valence-corrected chi connectivity index (χ3v) is 4.99. The van der Waals surface area contributed by atoms with Gasteiger partial charge < -0.3 is 5.32 Å². The van der Waals surface area contributed by atoms with Gasteiger partial charge in [0.1, 0.15) is 0 Å². The normalized spacial score (nSPS) is 10.9. The summed E-state index contributed by atoms with van der Waals surface area (Å²) in [4.78, 5) is 8.94. The Morgan fingerprint density at radius 3 is 2.90 bits per heavy atom. The van der Waals surface area contributed by atoms with Crippen LogP contribution in [0.15, 0.2) is 40.9 Å². The van der Waals surface area contributed by atoms with E-state index in [9.17, 15) is 0 Å². The van der Waals surface area contributed by atoms with Crippen LogP contribution >= 0.6 is 23.1 Å². The Hall–Kier alpha value is -1.59. The van der Waals surface area contributed by atoms with Crippen LogP contribution in [0.2, 0.25) is 0 Å². The molecule has 0 amide bonds. The van der Waals surface area contributed by atoms with Gasteiger partial charge >= 0.3 is 0 Å². The molecule has 0 aliphatic carbocycles. The zero-order valence-electron chi connectivity index (χ0n) is 11.4. The molecular formula is C15H15N3S2. The van der Waals surface area contributed by atoms with E-state index >= 15 is 0 Å². The van der Waals surface area contributed by atoms with Crippen molar-refractivity contribution in [3.63, 3.8) is 0 Å². The van der Waals surface area contributed by atoms with Gasteiger partial charge in [-0.25, -0.2) is 4.98 Å². The molecule has 1 N–H and O–H groups in total. The standard InChI is InChI=1S/C15H15N3S2/c1-10-3-4-12(16-8-10)9-17-11-5-6-13-14(7-11)20-15(18-13)19-2/h3-8,17H,9H2,1-2H3. The molecule has 0 saturated carbocycles. The molecule has 0 radical (unpaired) electrons. The molecule has 0 saturated heterocycles. The molecule has 102 valence electrons. The molecule has 3 rings (SSSR count). The molecule has 20 heavy (non-hydrogen) atoms. The summed E-state index contributed by atoms with van der Waals surface area (Å²) in [5.74, 6) is 0. The van der Waals surface area contributed by atoms with Crippen LogP contribution in [-0.2, 0) is 6.54 Å². The Morgan fingerprint density at radius 2 is 2.15 bits per heavy atom. The van der Waals surface area contributed by atoms with Crippen LogP contribution in [0.25, 0.3) is 10.2 Å². The van der Waals surface area contributed by atoms with Crippen molar-refractivity contribution < 1.29 is 0 Å². The van der Waals surface area contributed by atoms with E-state index in [2.05, 4.69) is 51.9 Å². The van der Waals surface area contributed by atoms with Crippen molar-refractivity contribution in [1.29, 1.82) is 0 Å². The first kappa shape index (κ1) is 13.4. The average Bonchev–Trinajstić information content (AvgIpc) is 2.89. The topological polar surface area (TPSA) is 37.8 Å². The predicted molar refractivity (Wildman–Crippen MR) is 87.7 cm³/mol. The molecule has 0 spiro atoms. The smallest absolute Gasteiger partial charge is 0.150 e. The largest absolute Gasteiger partial charge is 0.379 e. The lowest BCUT2D eigenvalue weighted by atomic mass is 10.2. The molecule has 0 aliphatic heterocycles. The lowest BCUT2D eigenvalue weighted by Gasteiger charge is -2.06. The molecule has 5 heteroatoms. The number of fused-ring (bicyclic) bond motifs is 1. The van der Waals surface area contributed by atoms with Crippen molar-refractivity contribution in [3.8, 4) is 0 Å². The minimum Gasteiger partial charge on any atom is -0.379 e. The maximum Gasteiger partial charge on any atom is 0.150 e. The summed E-state index contributed by atoms with van der Waals surface area (Å²) >= 11 is 3.42. The highest BCUT2D eigenvalue weighted by Crippen LogP contribution is 2.30. The highest BCUT2D eigenvalue weighted by atomic mass is 32.2. The van der Waals surface area contributed by atoms with Crippen LogP contribution in [0.3, 0.4) is 0 Å². The number of anilines is 1. The minimum atomic E-state index is 0.736. The molecule has 1 aromatic carbocycles. The second kappa shape index (κ2) is 5.81. The monoisotopic (exact) mass is 301 g/mol. The quantitative estimate of drug-likeness (QED) is 0.728. The molecule has 0 aliphatic rings. The third kappa shape index (κ3) is 2.94. The van der Waals surface area contributed by atoms with Crippen molar-refractivity contribution in [1.82, 2.24) is 9.97 Å². The van der Waals surface area contributed by atoms with E-state index in [1.54, 1.807) is 23.1 Å². The fraction of sp³-hybridized carbons (Fsp3) is 0.200. The molecule has 0 fully saturated rings. The second-order valence-electron chi connectivity index (χ2n) is 4.55.